The van der Waals surface area contributed by atoms with E-state index in [9.17, 15) is 13.5 Å². The second-order valence-corrected chi connectivity index (χ2v) is 6.32. The molecule has 0 aromatic heterocycles. The lowest BCUT2D eigenvalue weighted by atomic mass is 9.98. The second-order valence-electron chi connectivity index (χ2n) is 3.84. The van der Waals surface area contributed by atoms with Crippen LogP contribution in [0.1, 0.15) is 33.6 Å². The molecule has 0 aromatic carbocycles. The first-order chi connectivity index (χ1) is 6.89. The molecule has 0 aromatic rings. The lowest BCUT2D eigenvalue weighted by Gasteiger charge is -2.25. The minimum absolute atomic E-state index is 0.146. The topological polar surface area (TPSA) is 66.4 Å². The van der Waals surface area contributed by atoms with Crippen molar-refractivity contribution in [2.24, 2.45) is 0 Å². The van der Waals surface area contributed by atoms with Gasteiger partial charge in [-0.05, 0) is 12.8 Å². The average molecular weight is 237 g/mol. The molecule has 92 valence electrons. The molecule has 0 aliphatic heterocycles. The van der Waals surface area contributed by atoms with E-state index in [1.165, 1.54) is 0 Å². The molecule has 0 amide bonds. The van der Waals surface area contributed by atoms with E-state index >= 15 is 0 Å². The molecule has 0 unspecified atom stereocenters. The van der Waals surface area contributed by atoms with E-state index in [1.807, 2.05) is 13.8 Å². The van der Waals surface area contributed by atoms with Crippen LogP contribution < -0.4 is 5.32 Å². The highest BCUT2D eigenvalue weighted by molar-refractivity contribution is 7.91. The van der Waals surface area contributed by atoms with Crippen LogP contribution in [0.15, 0.2) is 0 Å². The average Bonchev–Trinajstić information content (AvgIpc) is 2.24. The predicted molar refractivity (Wildman–Crippen MR) is 62.7 cm³/mol. The van der Waals surface area contributed by atoms with Gasteiger partial charge in [0.15, 0.2) is 9.84 Å². The minimum Gasteiger partial charge on any atom is -0.389 e. The van der Waals surface area contributed by atoms with Crippen molar-refractivity contribution >= 4 is 9.84 Å². The molecular weight excluding hydrogens is 214 g/mol. The summed E-state index contributed by atoms with van der Waals surface area (Å²) < 4.78 is 22.3. The Bertz CT molecular complexity index is 258. The summed E-state index contributed by atoms with van der Waals surface area (Å²) in [6, 6.07) is 0. The molecule has 0 bridgehead atoms. The molecule has 0 spiro atoms. The third-order valence-electron chi connectivity index (χ3n) is 2.80. The summed E-state index contributed by atoms with van der Waals surface area (Å²) in [6.07, 6.45) is 1.36. The van der Waals surface area contributed by atoms with E-state index < -0.39 is 15.4 Å². The molecule has 0 aliphatic rings. The molecule has 4 nitrogen and oxygen atoms in total. The summed E-state index contributed by atoms with van der Waals surface area (Å²) in [5.74, 6) is 0.327. The van der Waals surface area contributed by atoms with E-state index in [1.54, 1.807) is 6.92 Å². The van der Waals surface area contributed by atoms with Crippen LogP contribution in [0.4, 0.5) is 0 Å². The van der Waals surface area contributed by atoms with Crippen molar-refractivity contribution in [3.8, 4) is 0 Å². The van der Waals surface area contributed by atoms with Gasteiger partial charge in [0.1, 0.15) is 0 Å². The summed E-state index contributed by atoms with van der Waals surface area (Å²) in [5, 5.41) is 12.9. The Labute approximate surface area is 93.0 Å². The first-order valence-electron chi connectivity index (χ1n) is 5.52. The van der Waals surface area contributed by atoms with Crippen LogP contribution in [0.3, 0.4) is 0 Å². The number of hydrogen-bond donors (Lipinski definition) is 2. The molecule has 15 heavy (non-hydrogen) atoms. The molecule has 0 rings (SSSR count). The Hall–Kier alpha value is -0.130. The smallest absolute Gasteiger partial charge is 0.151 e. The summed E-state index contributed by atoms with van der Waals surface area (Å²) in [5.41, 5.74) is -0.698. The molecule has 0 saturated carbocycles. The van der Waals surface area contributed by atoms with Crippen molar-refractivity contribution in [1.82, 2.24) is 5.32 Å². The van der Waals surface area contributed by atoms with Gasteiger partial charge in [0.2, 0.25) is 0 Å². The lowest BCUT2D eigenvalue weighted by molar-refractivity contribution is 0.0332. The van der Waals surface area contributed by atoms with Crippen LogP contribution in [0.2, 0.25) is 0 Å². The molecule has 0 saturated heterocycles. The van der Waals surface area contributed by atoms with E-state index in [2.05, 4.69) is 5.32 Å². The van der Waals surface area contributed by atoms with Gasteiger partial charge in [-0.15, -0.1) is 0 Å². The number of aliphatic hydroxyl groups is 1. The van der Waals surface area contributed by atoms with Crippen molar-refractivity contribution in [1.29, 1.82) is 0 Å². The normalized spacial score (nSPS) is 13.1. The Morgan fingerprint density at radius 3 is 2.13 bits per heavy atom. The van der Waals surface area contributed by atoms with Crippen molar-refractivity contribution in [2.45, 2.75) is 39.2 Å². The Balaban J connectivity index is 3.81. The van der Waals surface area contributed by atoms with E-state index in [4.69, 9.17) is 0 Å². The Morgan fingerprint density at radius 2 is 1.73 bits per heavy atom. The lowest BCUT2D eigenvalue weighted by Crippen LogP contribution is -2.41. The third-order valence-corrected chi connectivity index (χ3v) is 4.51. The van der Waals surface area contributed by atoms with E-state index in [0.29, 0.717) is 25.9 Å². The Morgan fingerprint density at radius 1 is 1.20 bits per heavy atom. The van der Waals surface area contributed by atoms with Gasteiger partial charge in [-0.3, -0.25) is 0 Å². The standard InChI is InChI=1S/C10H23NO3S/c1-4-10(12,5-2)9-11-7-8-15(13,14)6-3/h11-12H,4-9H2,1-3H3. The fraction of sp³-hybridized carbons (Fsp3) is 1.00. The van der Waals surface area contributed by atoms with Gasteiger partial charge in [-0.25, -0.2) is 8.42 Å². The fourth-order valence-corrected chi connectivity index (χ4v) is 1.94. The predicted octanol–water partition coefficient (Wildman–Crippen LogP) is 0.562. The maximum absolute atomic E-state index is 11.2. The molecule has 2 N–H and O–H groups in total. The van der Waals surface area contributed by atoms with Crippen LogP contribution in [-0.4, -0.2) is 43.7 Å². The van der Waals surface area contributed by atoms with Crippen LogP contribution in [0.5, 0.6) is 0 Å². The Kier molecular flexibility index (Phi) is 6.40. The maximum atomic E-state index is 11.2. The summed E-state index contributed by atoms with van der Waals surface area (Å²) in [7, 11) is -2.89. The summed E-state index contributed by atoms with van der Waals surface area (Å²) >= 11 is 0. The van der Waals surface area contributed by atoms with Crippen molar-refractivity contribution in [3.05, 3.63) is 0 Å². The molecule has 0 aliphatic carbocycles. The number of sulfone groups is 1. The fourth-order valence-electron chi connectivity index (χ4n) is 1.19. The molecular formula is C10H23NO3S. The van der Waals surface area contributed by atoms with Gasteiger partial charge < -0.3 is 10.4 Å². The van der Waals surface area contributed by atoms with Gasteiger partial charge >= 0.3 is 0 Å². The zero-order valence-corrected chi connectivity index (χ0v) is 10.7. The first-order valence-corrected chi connectivity index (χ1v) is 7.34. The number of nitrogens with one attached hydrogen (secondary N) is 1. The third kappa shape index (κ3) is 6.12. The van der Waals surface area contributed by atoms with Crippen LogP contribution in [0, 0.1) is 0 Å². The van der Waals surface area contributed by atoms with Crippen molar-refractivity contribution < 1.29 is 13.5 Å². The zero-order chi connectivity index (χ0) is 11.9. The highest BCUT2D eigenvalue weighted by atomic mass is 32.2. The second kappa shape index (κ2) is 6.45. The summed E-state index contributed by atoms with van der Waals surface area (Å²) in [6.45, 7) is 6.36. The monoisotopic (exact) mass is 237 g/mol. The van der Waals surface area contributed by atoms with Gasteiger partial charge in [0.25, 0.3) is 0 Å². The molecule has 0 radical (unpaired) electrons. The number of hydrogen-bond acceptors (Lipinski definition) is 4. The van der Waals surface area contributed by atoms with Gasteiger partial charge in [0, 0.05) is 18.8 Å². The first kappa shape index (κ1) is 14.9. The van der Waals surface area contributed by atoms with E-state index in [0.717, 1.165) is 0 Å². The molecule has 5 heteroatoms. The molecule has 0 heterocycles. The maximum Gasteiger partial charge on any atom is 0.151 e. The van der Waals surface area contributed by atoms with Crippen LogP contribution in [-0.2, 0) is 9.84 Å². The highest BCUT2D eigenvalue weighted by Crippen LogP contribution is 2.12. The molecule has 0 fully saturated rings. The quantitative estimate of drug-likeness (QED) is 0.605. The SMILES string of the molecule is CCC(O)(CC)CNCCS(=O)(=O)CC. The van der Waals surface area contributed by atoms with Gasteiger partial charge in [-0.2, -0.15) is 0 Å². The van der Waals surface area contributed by atoms with Crippen LogP contribution >= 0.6 is 0 Å². The van der Waals surface area contributed by atoms with Crippen LogP contribution in [0.25, 0.3) is 0 Å². The van der Waals surface area contributed by atoms with Crippen molar-refractivity contribution in [2.75, 3.05) is 24.6 Å². The largest absolute Gasteiger partial charge is 0.389 e. The number of rotatable bonds is 8. The molecule has 0 atom stereocenters. The van der Waals surface area contributed by atoms with Gasteiger partial charge in [0.05, 0.1) is 11.4 Å². The van der Waals surface area contributed by atoms with E-state index in [-0.39, 0.29) is 11.5 Å². The summed E-state index contributed by atoms with van der Waals surface area (Å²) in [4.78, 5) is 0. The zero-order valence-electron chi connectivity index (χ0n) is 9.91. The minimum atomic E-state index is -2.89. The highest BCUT2D eigenvalue weighted by Gasteiger charge is 2.21. The van der Waals surface area contributed by atoms with Crippen molar-refractivity contribution in [3.63, 3.8) is 0 Å². The van der Waals surface area contributed by atoms with Gasteiger partial charge in [-0.1, -0.05) is 20.8 Å².